The van der Waals surface area contributed by atoms with Gasteiger partial charge in [0.25, 0.3) is 0 Å². The molecule has 1 unspecified atom stereocenters. The lowest BCUT2D eigenvalue weighted by Crippen LogP contribution is -3.09. The Balaban J connectivity index is 1.40. The maximum Gasteiger partial charge on any atom is 0.166 e. The zero-order valence-electron chi connectivity index (χ0n) is 13.3. The van der Waals surface area contributed by atoms with Crippen LogP contribution in [0, 0.1) is 0 Å². The summed E-state index contributed by atoms with van der Waals surface area (Å²) in [6.45, 7) is 4.21. The van der Waals surface area contributed by atoms with E-state index < -0.39 is 0 Å². The summed E-state index contributed by atoms with van der Waals surface area (Å²) in [4.78, 5) is 1.62. The van der Waals surface area contributed by atoms with Crippen LogP contribution >= 0.6 is 12.2 Å². The molecular formula is C19H24N3S+. The summed E-state index contributed by atoms with van der Waals surface area (Å²) in [5.74, 6) is 0. The van der Waals surface area contributed by atoms with Gasteiger partial charge in [-0.05, 0) is 17.8 Å². The van der Waals surface area contributed by atoms with E-state index in [0.29, 0.717) is 6.04 Å². The van der Waals surface area contributed by atoms with Crippen LogP contribution in [0.4, 0.5) is 0 Å². The van der Waals surface area contributed by atoms with Crippen molar-refractivity contribution in [3.63, 3.8) is 0 Å². The molecule has 1 fully saturated rings. The molecule has 3 N–H and O–H groups in total. The molecule has 4 heteroatoms. The second kappa shape index (κ2) is 8.09. The summed E-state index contributed by atoms with van der Waals surface area (Å²) in [6.07, 6.45) is 1.18. The molecule has 3 rings (SSSR count). The summed E-state index contributed by atoms with van der Waals surface area (Å²) in [6, 6.07) is 21.5. The fraction of sp³-hybridized carbons (Fsp3) is 0.316. The predicted molar refractivity (Wildman–Crippen MR) is 98.3 cm³/mol. The molecule has 0 aliphatic carbocycles. The monoisotopic (exact) mass is 326 g/mol. The number of quaternary nitrogens is 1. The molecule has 1 aliphatic heterocycles. The predicted octanol–water partition coefficient (Wildman–Crippen LogP) is 1.51. The summed E-state index contributed by atoms with van der Waals surface area (Å²) in [5.41, 5.74) is 2.66. The van der Waals surface area contributed by atoms with E-state index >= 15 is 0 Å². The molecule has 0 bridgehead atoms. The van der Waals surface area contributed by atoms with Crippen LogP contribution < -0.4 is 15.5 Å². The third kappa shape index (κ3) is 5.05. The van der Waals surface area contributed by atoms with Crippen molar-refractivity contribution in [3.05, 3.63) is 71.8 Å². The largest absolute Gasteiger partial charge is 0.359 e. The maximum atomic E-state index is 5.43. The first-order valence-corrected chi connectivity index (χ1v) is 8.66. The second-order valence-electron chi connectivity index (χ2n) is 6.16. The fourth-order valence-electron chi connectivity index (χ4n) is 3.11. The van der Waals surface area contributed by atoms with Crippen LogP contribution in [0.3, 0.4) is 0 Å². The van der Waals surface area contributed by atoms with Crippen LogP contribution in [0.1, 0.15) is 17.5 Å². The zero-order valence-corrected chi connectivity index (χ0v) is 14.1. The van der Waals surface area contributed by atoms with Gasteiger partial charge < -0.3 is 15.5 Å². The van der Waals surface area contributed by atoms with Crippen molar-refractivity contribution in [1.29, 1.82) is 0 Å². The van der Waals surface area contributed by atoms with Gasteiger partial charge in [-0.1, -0.05) is 60.7 Å². The minimum absolute atomic E-state index is 0.476. The third-order valence-electron chi connectivity index (χ3n) is 4.31. The Labute approximate surface area is 143 Å². The summed E-state index contributed by atoms with van der Waals surface area (Å²) >= 11 is 5.43. The number of likely N-dealkylation sites (tertiary alicyclic amines) is 1. The molecule has 1 saturated heterocycles. The lowest BCUT2D eigenvalue weighted by molar-refractivity contribution is -0.901. The second-order valence-corrected chi connectivity index (χ2v) is 6.57. The molecule has 120 valence electrons. The van der Waals surface area contributed by atoms with Gasteiger partial charge in [0.05, 0.1) is 19.1 Å². The molecule has 2 aromatic rings. The number of benzene rings is 2. The molecule has 0 spiro atoms. The molecule has 2 aromatic carbocycles. The van der Waals surface area contributed by atoms with Crippen molar-refractivity contribution < 1.29 is 4.90 Å². The number of hydrogen-bond acceptors (Lipinski definition) is 1. The van der Waals surface area contributed by atoms with E-state index in [0.717, 1.165) is 24.7 Å². The van der Waals surface area contributed by atoms with Crippen LogP contribution in [0.2, 0.25) is 0 Å². The minimum atomic E-state index is 0.476. The van der Waals surface area contributed by atoms with E-state index in [1.807, 2.05) is 6.07 Å². The highest BCUT2D eigenvalue weighted by molar-refractivity contribution is 7.80. The average Bonchev–Trinajstić information content (AvgIpc) is 3.02. The van der Waals surface area contributed by atoms with Gasteiger partial charge in [0.2, 0.25) is 0 Å². The smallest absolute Gasteiger partial charge is 0.166 e. The number of rotatable bonds is 5. The standard InChI is InChI=1S/C19H23N3S/c23-19(20-13-16-7-3-1-4-8-16)21-18-11-12-22(15-18)14-17-9-5-2-6-10-17/h1-10,18H,11-15H2,(H2,20,21,23)/p+1/t18-/m0/s1. The van der Waals surface area contributed by atoms with Crippen molar-refractivity contribution in [2.24, 2.45) is 0 Å². The van der Waals surface area contributed by atoms with E-state index in [2.05, 4.69) is 65.2 Å². The first-order chi connectivity index (χ1) is 11.3. The molecule has 0 saturated carbocycles. The first kappa shape index (κ1) is 16.0. The average molecular weight is 326 g/mol. The van der Waals surface area contributed by atoms with Crippen molar-refractivity contribution >= 4 is 17.3 Å². The molecule has 23 heavy (non-hydrogen) atoms. The van der Waals surface area contributed by atoms with Crippen molar-refractivity contribution in [2.75, 3.05) is 13.1 Å². The Kier molecular flexibility index (Phi) is 5.61. The van der Waals surface area contributed by atoms with Crippen molar-refractivity contribution in [3.8, 4) is 0 Å². The van der Waals surface area contributed by atoms with E-state index in [9.17, 15) is 0 Å². The Morgan fingerprint density at radius 3 is 2.35 bits per heavy atom. The Bertz CT molecular complexity index is 615. The highest BCUT2D eigenvalue weighted by atomic mass is 32.1. The fourth-order valence-corrected chi connectivity index (χ4v) is 3.35. The van der Waals surface area contributed by atoms with Crippen molar-refractivity contribution in [1.82, 2.24) is 10.6 Å². The van der Waals surface area contributed by atoms with Crippen molar-refractivity contribution in [2.45, 2.75) is 25.6 Å². The van der Waals surface area contributed by atoms with Crippen LogP contribution in [-0.2, 0) is 13.1 Å². The van der Waals surface area contributed by atoms with Gasteiger partial charge in [-0.25, -0.2) is 0 Å². The zero-order chi connectivity index (χ0) is 15.9. The molecule has 0 radical (unpaired) electrons. The maximum absolute atomic E-state index is 5.43. The summed E-state index contributed by atoms with van der Waals surface area (Å²) in [5, 5.41) is 7.53. The number of hydrogen-bond donors (Lipinski definition) is 3. The third-order valence-corrected chi connectivity index (χ3v) is 4.57. The Morgan fingerprint density at radius 1 is 1.00 bits per heavy atom. The highest BCUT2D eigenvalue weighted by Gasteiger charge is 2.26. The minimum Gasteiger partial charge on any atom is -0.359 e. The van der Waals surface area contributed by atoms with Gasteiger partial charge >= 0.3 is 0 Å². The molecule has 0 aromatic heterocycles. The topological polar surface area (TPSA) is 28.5 Å². The molecule has 1 heterocycles. The quantitative estimate of drug-likeness (QED) is 0.728. The van der Waals surface area contributed by atoms with E-state index in [1.54, 1.807) is 4.90 Å². The number of nitrogens with one attached hydrogen (secondary N) is 3. The molecule has 2 atom stereocenters. The van der Waals surface area contributed by atoms with E-state index in [4.69, 9.17) is 12.2 Å². The first-order valence-electron chi connectivity index (χ1n) is 8.25. The molecule has 3 nitrogen and oxygen atoms in total. The van der Waals surface area contributed by atoms with Gasteiger partial charge in [0, 0.05) is 18.5 Å². The van der Waals surface area contributed by atoms with Gasteiger partial charge in [0.1, 0.15) is 6.54 Å². The highest BCUT2D eigenvalue weighted by Crippen LogP contribution is 2.00. The Hall–Kier alpha value is -1.91. The summed E-state index contributed by atoms with van der Waals surface area (Å²) in [7, 11) is 0. The lowest BCUT2D eigenvalue weighted by Gasteiger charge is -2.16. The SMILES string of the molecule is S=C(NCc1ccccc1)N[C@H]1CC[NH+](Cc2ccccc2)C1. The summed E-state index contributed by atoms with van der Waals surface area (Å²) < 4.78 is 0. The van der Waals surface area contributed by atoms with Gasteiger partial charge in [0.15, 0.2) is 5.11 Å². The van der Waals surface area contributed by atoms with Crippen LogP contribution in [-0.4, -0.2) is 24.2 Å². The molecule has 1 aliphatic rings. The Morgan fingerprint density at radius 2 is 1.65 bits per heavy atom. The van der Waals surface area contributed by atoms with Crippen LogP contribution in [0.5, 0.6) is 0 Å². The van der Waals surface area contributed by atoms with Gasteiger partial charge in [-0.15, -0.1) is 0 Å². The van der Waals surface area contributed by atoms with Gasteiger partial charge in [-0.2, -0.15) is 0 Å². The van der Waals surface area contributed by atoms with Gasteiger partial charge in [-0.3, -0.25) is 0 Å². The van der Waals surface area contributed by atoms with E-state index in [1.165, 1.54) is 24.1 Å². The normalized spacial score (nSPS) is 20.2. The molecule has 0 amide bonds. The van der Waals surface area contributed by atoms with Crippen LogP contribution in [0.25, 0.3) is 0 Å². The van der Waals surface area contributed by atoms with E-state index in [-0.39, 0.29) is 0 Å². The molecular weight excluding hydrogens is 302 g/mol. The lowest BCUT2D eigenvalue weighted by atomic mass is 10.2. The van der Waals surface area contributed by atoms with Crippen LogP contribution in [0.15, 0.2) is 60.7 Å². The number of thiocarbonyl (C=S) groups is 1.